The van der Waals surface area contributed by atoms with Crippen molar-refractivity contribution < 1.29 is 0 Å². The average Bonchev–Trinajstić information content (AvgIpc) is 3.71. The van der Waals surface area contributed by atoms with Gasteiger partial charge < -0.3 is 10.2 Å². The van der Waals surface area contributed by atoms with Crippen LogP contribution in [0.4, 0.5) is 22.7 Å². The van der Waals surface area contributed by atoms with Crippen LogP contribution in [0.1, 0.15) is 45.1 Å². The van der Waals surface area contributed by atoms with Gasteiger partial charge in [0.25, 0.3) is 0 Å². The number of fused-ring (bicyclic) bond motifs is 14. The van der Waals surface area contributed by atoms with Gasteiger partial charge >= 0.3 is 0 Å². The highest BCUT2D eigenvalue weighted by molar-refractivity contribution is 6.17. The number of nitrogens with zero attached hydrogens (tertiary/aromatic N) is 2. The van der Waals surface area contributed by atoms with E-state index in [4.69, 9.17) is 4.99 Å². The number of nitrogens with one attached hydrogen (secondary N) is 1. The minimum absolute atomic E-state index is 0.230. The van der Waals surface area contributed by atoms with Crippen LogP contribution in [0.3, 0.4) is 0 Å². The van der Waals surface area contributed by atoms with Gasteiger partial charge in [0.1, 0.15) is 6.17 Å². The van der Waals surface area contributed by atoms with Crippen LogP contribution in [-0.4, -0.2) is 5.71 Å². The molecular weight excluding hydrogens is 823 g/mol. The third-order valence-corrected chi connectivity index (χ3v) is 14.6. The van der Waals surface area contributed by atoms with Crippen molar-refractivity contribution in [2.45, 2.75) is 11.6 Å². The zero-order valence-corrected chi connectivity index (χ0v) is 37.1. The van der Waals surface area contributed by atoms with Crippen molar-refractivity contribution in [1.29, 1.82) is 0 Å². The monoisotopic (exact) mass is 865 g/mol. The molecule has 0 amide bonds. The molecule has 1 spiro atoms. The molecule has 318 valence electrons. The summed E-state index contributed by atoms with van der Waals surface area (Å²) in [6, 6.07) is 91.6. The molecule has 14 rings (SSSR count). The van der Waals surface area contributed by atoms with E-state index in [0.717, 1.165) is 44.9 Å². The summed E-state index contributed by atoms with van der Waals surface area (Å²) in [6.45, 7) is 0. The smallest absolute Gasteiger partial charge is 0.145 e. The Morgan fingerprint density at radius 1 is 0.368 bits per heavy atom. The largest absolute Gasteiger partial charge is 0.360 e. The van der Waals surface area contributed by atoms with Crippen LogP contribution in [0, 0.1) is 0 Å². The Labute approximate surface area is 396 Å². The molecule has 1 unspecified atom stereocenters. The highest BCUT2D eigenvalue weighted by atomic mass is 15.2. The van der Waals surface area contributed by atoms with Crippen molar-refractivity contribution in [1.82, 2.24) is 0 Å². The second-order valence-corrected chi connectivity index (χ2v) is 18.2. The number of rotatable bonds is 5. The molecule has 2 aliphatic heterocycles. The van der Waals surface area contributed by atoms with Crippen molar-refractivity contribution >= 4 is 50.0 Å². The van der Waals surface area contributed by atoms with Crippen LogP contribution in [0.25, 0.3) is 54.9 Å². The number of aliphatic imine (C=N–C) groups is 1. The first kappa shape index (κ1) is 38.5. The van der Waals surface area contributed by atoms with Gasteiger partial charge in [-0.3, -0.25) is 4.99 Å². The highest BCUT2D eigenvalue weighted by Crippen LogP contribution is 2.65. The van der Waals surface area contributed by atoms with Gasteiger partial charge in [-0.1, -0.05) is 212 Å². The maximum Gasteiger partial charge on any atom is 0.145 e. The van der Waals surface area contributed by atoms with Crippen LogP contribution >= 0.6 is 0 Å². The fraction of sp³-hybridized carbons (Fsp3) is 0.0308. The molecule has 3 heteroatoms. The summed E-state index contributed by atoms with van der Waals surface area (Å²) in [5.41, 5.74) is 20.9. The second kappa shape index (κ2) is 15.1. The fourth-order valence-electron chi connectivity index (χ4n) is 11.7. The maximum atomic E-state index is 5.35. The minimum atomic E-state index is -0.609. The Bertz CT molecular complexity index is 3760. The van der Waals surface area contributed by atoms with Crippen molar-refractivity contribution in [3.8, 4) is 33.4 Å². The first-order valence-electron chi connectivity index (χ1n) is 23.6. The standard InChI is InChI=1S/C65H43N3/c1-3-19-44(20-4-1)61-55-30-12-14-32-60(55)66-64(67-61)49-24-16-23-47(40-49)45-21-15-22-46(39-45)48-33-36-54-53-29-11-13-31-56(53)65(59(54)41-48)57-37-34-42-17-7-9-27-51(42)62(57)68(50-25-5-2-6-26-50)63-52-28-10-8-18-43(52)35-38-58(63)65/h1-41,64,66H. The van der Waals surface area contributed by atoms with Gasteiger partial charge in [-0.05, 0) is 108 Å². The topological polar surface area (TPSA) is 27.6 Å². The second-order valence-electron chi connectivity index (χ2n) is 18.2. The molecule has 0 saturated carbocycles. The lowest BCUT2D eigenvalue weighted by molar-refractivity contribution is 0.757. The molecular formula is C65H43N3. The van der Waals surface area contributed by atoms with Crippen molar-refractivity contribution in [3.05, 3.63) is 288 Å². The molecule has 0 fully saturated rings. The Kier molecular flexibility index (Phi) is 8.56. The van der Waals surface area contributed by atoms with E-state index in [9.17, 15) is 0 Å². The molecule has 0 saturated heterocycles. The summed E-state index contributed by atoms with van der Waals surface area (Å²) in [5.74, 6) is 0. The highest BCUT2D eigenvalue weighted by Gasteiger charge is 2.52. The Balaban J connectivity index is 0.952. The third kappa shape index (κ3) is 5.69. The zero-order valence-electron chi connectivity index (χ0n) is 37.1. The Morgan fingerprint density at radius 2 is 0.912 bits per heavy atom. The van der Waals surface area contributed by atoms with E-state index in [2.05, 4.69) is 259 Å². The van der Waals surface area contributed by atoms with E-state index in [0.29, 0.717) is 0 Å². The lowest BCUT2D eigenvalue weighted by Gasteiger charge is -2.46. The first-order chi connectivity index (χ1) is 33.7. The van der Waals surface area contributed by atoms with Gasteiger partial charge in [-0.25, -0.2) is 0 Å². The number of para-hydroxylation sites is 2. The minimum Gasteiger partial charge on any atom is -0.360 e. The van der Waals surface area contributed by atoms with Gasteiger partial charge in [-0.15, -0.1) is 0 Å². The van der Waals surface area contributed by atoms with E-state index >= 15 is 0 Å². The van der Waals surface area contributed by atoms with E-state index in [-0.39, 0.29) is 6.17 Å². The SMILES string of the molecule is c1ccc(C2=NC(c3cccc(-c4cccc(-c5ccc6c(c5)C5(c7ccccc7-6)c6ccc7ccccc7c6N(c6ccccc6)c6c5ccc5ccccc65)c4)c3)Nc3ccccc32)cc1. The Hall–Kier alpha value is -8.79. The lowest BCUT2D eigenvalue weighted by atomic mass is 9.63. The van der Waals surface area contributed by atoms with Gasteiger partial charge in [-0.2, -0.15) is 0 Å². The van der Waals surface area contributed by atoms with E-state index in [1.807, 2.05) is 0 Å². The van der Waals surface area contributed by atoms with Crippen molar-refractivity contribution in [2.24, 2.45) is 4.99 Å². The molecule has 3 aliphatic rings. The third-order valence-electron chi connectivity index (χ3n) is 14.6. The molecule has 0 bridgehead atoms. The summed E-state index contributed by atoms with van der Waals surface area (Å²) >= 11 is 0. The molecule has 1 N–H and O–H groups in total. The molecule has 0 radical (unpaired) electrons. The molecule has 2 heterocycles. The summed E-state index contributed by atoms with van der Waals surface area (Å²) < 4.78 is 0. The van der Waals surface area contributed by atoms with Crippen LogP contribution < -0.4 is 10.2 Å². The van der Waals surface area contributed by atoms with E-state index in [1.54, 1.807) is 0 Å². The molecule has 1 aliphatic carbocycles. The quantitative estimate of drug-likeness (QED) is 0.187. The molecule has 1 atom stereocenters. The fourth-order valence-corrected chi connectivity index (χ4v) is 11.7. The van der Waals surface area contributed by atoms with E-state index in [1.165, 1.54) is 77.4 Å². The summed E-state index contributed by atoms with van der Waals surface area (Å²) in [5, 5.41) is 8.66. The number of hydrogen-bond donors (Lipinski definition) is 1. The van der Waals surface area contributed by atoms with Crippen LogP contribution in [0.5, 0.6) is 0 Å². The van der Waals surface area contributed by atoms with Gasteiger partial charge in [0.2, 0.25) is 0 Å². The van der Waals surface area contributed by atoms with Gasteiger partial charge in [0.15, 0.2) is 0 Å². The Morgan fingerprint density at radius 3 is 1.63 bits per heavy atom. The molecule has 3 nitrogen and oxygen atoms in total. The summed E-state index contributed by atoms with van der Waals surface area (Å²) in [6.07, 6.45) is -0.230. The molecule has 11 aromatic carbocycles. The van der Waals surface area contributed by atoms with Gasteiger partial charge in [0, 0.05) is 33.3 Å². The van der Waals surface area contributed by atoms with Crippen LogP contribution in [0.15, 0.2) is 254 Å². The molecule has 68 heavy (non-hydrogen) atoms. The van der Waals surface area contributed by atoms with Crippen LogP contribution in [0.2, 0.25) is 0 Å². The van der Waals surface area contributed by atoms with E-state index < -0.39 is 5.41 Å². The van der Waals surface area contributed by atoms with Crippen LogP contribution in [-0.2, 0) is 5.41 Å². The zero-order chi connectivity index (χ0) is 44.8. The number of hydrogen-bond acceptors (Lipinski definition) is 3. The maximum absolute atomic E-state index is 5.35. The summed E-state index contributed by atoms with van der Waals surface area (Å²) in [4.78, 5) is 7.90. The van der Waals surface area contributed by atoms with Crippen molar-refractivity contribution in [3.63, 3.8) is 0 Å². The molecule has 11 aromatic rings. The lowest BCUT2D eigenvalue weighted by Crippen LogP contribution is -2.36. The first-order valence-corrected chi connectivity index (χ1v) is 23.6. The normalized spacial score (nSPS) is 14.9. The summed E-state index contributed by atoms with van der Waals surface area (Å²) in [7, 11) is 0. The predicted octanol–water partition coefficient (Wildman–Crippen LogP) is 16.4. The molecule has 0 aromatic heterocycles. The van der Waals surface area contributed by atoms with Gasteiger partial charge in [0.05, 0.1) is 22.5 Å². The van der Waals surface area contributed by atoms with Crippen molar-refractivity contribution in [2.75, 3.05) is 10.2 Å². The predicted molar refractivity (Wildman–Crippen MR) is 283 cm³/mol. The number of anilines is 4. The number of benzene rings is 11. The average molecular weight is 866 g/mol.